The Morgan fingerprint density at radius 3 is 2.52 bits per heavy atom. The van der Waals surface area contributed by atoms with Gasteiger partial charge in [0.15, 0.2) is 0 Å². The van der Waals surface area contributed by atoms with Crippen LogP contribution >= 0.6 is 0 Å². The van der Waals surface area contributed by atoms with Gasteiger partial charge in [0, 0.05) is 43.2 Å². The Bertz CT molecular complexity index is 1020. The molecule has 33 heavy (non-hydrogen) atoms. The molecule has 2 heterocycles. The molecule has 0 fully saturated rings. The quantitative estimate of drug-likeness (QED) is 0.425. The fourth-order valence-electron chi connectivity index (χ4n) is 3.35. The van der Waals surface area contributed by atoms with Crippen LogP contribution in [0.5, 0.6) is 5.88 Å². The Labute approximate surface area is 195 Å². The zero-order valence-corrected chi connectivity index (χ0v) is 19.5. The summed E-state index contributed by atoms with van der Waals surface area (Å²) < 4.78 is 5.92. The van der Waals surface area contributed by atoms with Crippen LogP contribution in [0.15, 0.2) is 54.7 Å². The topological polar surface area (TPSA) is 92.3 Å². The van der Waals surface area contributed by atoms with Gasteiger partial charge in [0.05, 0.1) is 6.61 Å². The standard InChI is InChI=1S/C25H32N6O2/c1-4-14-31(15-5-2)24-28-22(29-25(32)27-21-11-8-9-19(3)17-21)18-23(30-24)33-16-12-20-10-6-7-13-26-20/h6-11,13,17-18H,4-5,12,14-16H2,1-3H3,(H2,27,28,29,30,32). The lowest BCUT2D eigenvalue weighted by Crippen LogP contribution is -2.28. The number of hydrogen-bond donors (Lipinski definition) is 2. The van der Waals surface area contributed by atoms with Gasteiger partial charge in [0.2, 0.25) is 11.8 Å². The second-order valence-electron chi connectivity index (χ2n) is 7.75. The van der Waals surface area contributed by atoms with Gasteiger partial charge in [-0.2, -0.15) is 9.97 Å². The molecule has 0 aliphatic heterocycles. The van der Waals surface area contributed by atoms with E-state index < -0.39 is 0 Å². The number of aryl methyl sites for hydroxylation is 1. The van der Waals surface area contributed by atoms with Crippen LogP contribution in [0.2, 0.25) is 0 Å². The molecule has 3 rings (SSSR count). The van der Waals surface area contributed by atoms with E-state index >= 15 is 0 Å². The number of carbonyl (C=O) groups excluding carboxylic acids is 1. The number of aromatic nitrogens is 3. The van der Waals surface area contributed by atoms with Gasteiger partial charge in [-0.05, 0) is 49.6 Å². The normalized spacial score (nSPS) is 10.5. The van der Waals surface area contributed by atoms with Crippen molar-refractivity contribution in [2.24, 2.45) is 0 Å². The molecule has 0 atom stereocenters. The number of ether oxygens (including phenoxy) is 1. The maximum Gasteiger partial charge on any atom is 0.324 e. The monoisotopic (exact) mass is 448 g/mol. The highest BCUT2D eigenvalue weighted by Crippen LogP contribution is 2.20. The lowest BCUT2D eigenvalue weighted by atomic mass is 10.2. The Kier molecular flexibility index (Phi) is 8.99. The number of pyridine rings is 1. The van der Waals surface area contributed by atoms with Gasteiger partial charge < -0.3 is 15.0 Å². The van der Waals surface area contributed by atoms with Crippen molar-refractivity contribution in [2.75, 3.05) is 35.2 Å². The van der Waals surface area contributed by atoms with Crippen molar-refractivity contribution >= 4 is 23.5 Å². The first kappa shape index (κ1) is 24.0. The molecule has 0 saturated carbocycles. The van der Waals surface area contributed by atoms with E-state index in [1.54, 1.807) is 12.3 Å². The number of rotatable bonds is 11. The van der Waals surface area contributed by atoms with E-state index in [-0.39, 0.29) is 6.03 Å². The van der Waals surface area contributed by atoms with E-state index in [0.29, 0.717) is 36.4 Å². The van der Waals surface area contributed by atoms with Crippen molar-refractivity contribution in [3.63, 3.8) is 0 Å². The van der Waals surface area contributed by atoms with Gasteiger partial charge in [-0.15, -0.1) is 0 Å². The van der Waals surface area contributed by atoms with Crippen LogP contribution in [0.4, 0.5) is 22.2 Å². The zero-order valence-electron chi connectivity index (χ0n) is 19.5. The molecule has 0 spiro atoms. The summed E-state index contributed by atoms with van der Waals surface area (Å²) in [6.45, 7) is 8.27. The van der Waals surface area contributed by atoms with Gasteiger partial charge in [-0.25, -0.2) is 4.79 Å². The van der Waals surface area contributed by atoms with Crippen LogP contribution in [0.25, 0.3) is 0 Å². The first-order chi connectivity index (χ1) is 16.1. The summed E-state index contributed by atoms with van der Waals surface area (Å²) in [5, 5.41) is 5.66. The van der Waals surface area contributed by atoms with Crippen molar-refractivity contribution in [3.8, 4) is 5.88 Å². The lowest BCUT2D eigenvalue weighted by molar-refractivity contribution is 0.262. The minimum Gasteiger partial charge on any atom is -0.477 e. The maximum absolute atomic E-state index is 12.6. The number of anilines is 3. The molecule has 0 bridgehead atoms. The van der Waals surface area contributed by atoms with E-state index in [1.807, 2.05) is 49.4 Å². The largest absolute Gasteiger partial charge is 0.477 e. The number of carbonyl (C=O) groups is 1. The van der Waals surface area contributed by atoms with E-state index in [4.69, 9.17) is 4.74 Å². The highest BCUT2D eigenvalue weighted by atomic mass is 16.5. The third kappa shape index (κ3) is 7.75. The minimum absolute atomic E-state index is 0.373. The van der Waals surface area contributed by atoms with Crippen molar-refractivity contribution in [3.05, 3.63) is 66.0 Å². The summed E-state index contributed by atoms with van der Waals surface area (Å²) in [5.41, 5.74) is 2.73. The molecule has 174 valence electrons. The van der Waals surface area contributed by atoms with Gasteiger partial charge >= 0.3 is 6.03 Å². The van der Waals surface area contributed by atoms with Crippen LogP contribution in [-0.2, 0) is 6.42 Å². The lowest BCUT2D eigenvalue weighted by Gasteiger charge is -2.22. The third-order valence-electron chi connectivity index (χ3n) is 4.81. The zero-order chi connectivity index (χ0) is 23.5. The van der Waals surface area contributed by atoms with Gasteiger partial charge in [0.1, 0.15) is 5.82 Å². The molecule has 3 aromatic rings. The predicted molar refractivity (Wildman–Crippen MR) is 132 cm³/mol. The molecule has 0 radical (unpaired) electrons. The molecule has 8 heteroatoms. The second kappa shape index (κ2) is 12.4. The summed E-state index contributed by atoms with van der Waals surface area (Å²) in [7, 11) is 0. The fraction of sp³-hybridized carbons (Fsp3) is 0.360. The number of benzene rings is 1. The Morgan fingerprint density at radius 2 is 1.82 bits per heavy atom. The SMILES string of the molecule is CCCN(CCC)c1nc(NC(=O)Nc2cccc(C)c2)cc(OCCc2ccccn2)n1. The molecule has 2 N–H and O–H groups in total. The number of hydrogen-bond acceptors (Lipinski definition) is 6. The molecule has 0 unspecified atom stereocenters. The third-order valence-corrected chi connectivity index (χ3v) is 4.81. The van der Waals surface area contributed by atoms with Crippen molar-refractivity contribution in [1.82, 2.24) is 15.0 Å². The maximum atomic E-state index is 12.6. The highest BCUT2D eigenvalue weighted by molar-refractivity contribution is 5.99. The number of amides is 2. The van der Waals surface area contributed by atoms with Crippen LogP contribution in [-0.4, -0.2) is 40.7 Å². The van der Waals surface area contributed by atoms with E-state index in [1.165, 1.54) is 0 Å². The summed E-state index contributed by atoms with van der Waals surface area (Å²) in [6, 6.07) is 14.7. The number of nitrogens with zero attached hydrogens (tertiary/aromatic N) is 4. The molecule has 2 amide bonds. The van der Waals surface area contributed by atoms with Crippen molar-refractivity contribution in [2.45, 2.75) is 40.0 Å². The summed E-state index contributed by atoms with van der Waals surface area (Å²) in [6.07, 6.45) is 4.35. The summed E-state index contributed by atoms with van der Waals surface area (Å²) >= 11 is 0. The van der Waals surface area contributed by atoms with Crippen molar-refractivity contribution < 1.29 is 9.53 Å². The molecular weight excluding hydrogens is 416 g/mol. The first-order valence-corrected chi connectivity index (χ1v) is 11.4. The second-order valence-corrected chi connectivity index (χ2v) is 7.75. The number of nitrogens with one attached hydrogen (secondary N) is 2. The molecule has 2 aromatic heterocycles. The van der Waals surface area contributed by atoms with Gasteiger partial charge in [-0.3, -0.25) is 10.3 Å². The van der Waals surface area contributed by atoms with Crippen LogP contribution < -0.4 is 20.3 Å². The van der Waals surface area contributed by atoms with E-state index in [0.717, 1.165) is 37.2 Å². The average molecular weight is 449 g/mol. The number of urea groups is 1. The highest BCUT2D eigenvalue weighted by Gasteiger charge is 2.14. The van der Waals surface area contributed by atoms with E-state index in [9.17, 15) is 4.79 Å². The Morgan fingerprint density at radius 1 is 1.00 bits per heavy atom. The average Bonchev–Trinajstić information content (AvgIpc) is 2.79. The minimum atomic E-state index is -0.373. The van der Waals surface area contributed by atoms with Crippen LogP contribution in [0.3, 0.4) is 0 Å². The molecular formula is C25H32N6O2. The van der Waals surface area contributed by atoms with Gasteiger partial charge in [0.25, 0.3) is 0 Å². The van der Waals surface area contributed by atoms with Crippen molar-refractivity contribution in [1.29, 1.82) is 0 Å². The van der Waals surface area contributed by atoms with Crippen LogP contribution in [0.1, 0.15) is 37.9 Å². The molecule has 0 saturated heterocycles. The first-order valence-electron chi connectivity index (χ1n) is 11.4. The summed E-state index contributed by atoms with van der Waals surface area (Å²) in [5.74, 6) is 1.34. The summed E-state index contributed by atoms with van der Waals surface area (Å²) in [4.78, 5) is 28.2. The van der Waals surface area contributed by atoms with Crippen LogP contribution in [0, 0.1) is 6.92 Å². The molecule has 8 nitrogen and oxygen atoms in total. The predicted octanol–water partition coefficient (Wildman–Crippen LogP) is 5.07. The van der Waals surface area contributed by atoms with E-state index in [2.05, 4.69) is 44.3 Å². The van der Waals surface area contributed by atoms with Gasteiger partial charge in [-0.1, -0.05) is 32.0 Å². The molecule has 0 aliphatic carbocycles. The molecule has 0 aliphatic rings. The Hall–Kier alpha value is -3.68. The molecule has 1 aromatic carbocycles. The fourth-order valence-corrected chi connectivity index (χ4v) is 3.35. The Balaban J connectivity index is 1.75. The smallest absolute Gasteiger partial charge is 0.324 e.